The van der Waals surface area contributed by atoms with Gasteiger partial charge in [-0.05, 0) is 54.2 Å². The third kappa shape index (κ3) is 5.09. The Morgan fingerprint density at radius 3 is 2.48 bits per heavy atom. The maximum atomic E-state index is 13.9. The van der Waals surface area contributed by atoms with Crippen LogP contribution in [0.1, 0.15) is 48.3 Å². The summed E-state index contributed by atoms with van der Waals surface area (Å²) < 4.78 is 16.9. The third-order valence-corrected chi connectivity index (χ3v) is 8.24. The summed E-state index contributed by atoms with van der Waals surface area (Å²) in [6, 6.07) is 20.9. The SMILES string of the molecule is CC1=C(C(=O)OCCc2ccccc2)[C@H](c2cc3c(cc2Cl)OCO3)C2=C(C[C@@H](c3ccc(Cl)cc3)CC2=O)N1. The van der Waals surface area contributed by atoms with Gasteiger partial charge in [0, 0.05) is 51.8 Å². The third-order valence-electron chi connectivity index (χ3n) is 7.66. The predicted octanol–water partition coefficient (Wildman–Crippen LogP) is 6.87. The van der Waals surface area contributed by atoms with E-state index in [0.29, 0.717) is 63.2 Å². The van der Waals surface area contributed by atoms with E-state index in [2.05, 4.69) is 5.32 Å². The molecule has 40 heavy (non-hydrogen) atoms. The summed E-state index contributed by atoms with van der Waals surface area (Å²) in [6.45, 7) is 2.13. The molecule has 3 aromatic rings. The fourth-order valence-corrected chi connectivity index (χ4v) is 6.12. The van der Waals surface area contributed by atoms with Crippen molar-refractivity contribution in [3.63, 3.8) is 0 Å². The van der Waals surface area contributed by atoms with Gasteiger partial charge in [-0.3, -0.25) is 4.79 Å². The van der Waals surface area contributed by atoms with E-state index >= 15 is 0 Å². The van der Waals surface area contributed by atoms with Crippen molar-refractivity contribution in [2.24, 2.45) is 0 Å². The van der Waals surface area contributed by atoms with Crippen LogP contribution in [0.15, 0.2) is 89.3 Å². The van der Waals surface area contributed by atoms with Crippen molar-refractivity contribution in [1.29, 1.82) is 0 Å². The molecule has 1 N–H and O–H groups in total. The Labute approximate surface area is 242 Å². The summed E-state index contributed by atoms with van der Waals surface area (Å²) in [5, 5.41) is 4.42. The van der Waals surface area contributed by atoms with Gasteiger partial charge in [0.25, 0.3) is 0 Å². The Kier molecular flexibility index (Phi) is 7.30. The predicted molar refractivity (Wildman–Crippen MR) is 153 cm³/mol. The molecule has 0 fully saturated rings. The normalized spacial score (nSPS) is 19.8. The molecule has 2 atom stereocenters. The van der Waals surface area contributed by atoms with Crippen LogP contribution in [-0.4, -0.2) is 25.2 Å². The minimum absolute atomic E-state index is 0.0175. The van der Waals surface area contributed by atoms with Crippen molar-refractivity contribution in [2.45, 2.75) is 38.0 Å². The monoisotopic (exact) mass is 575 g/mol. The summed E-state index contributed by atoms with van der Waals surface area (Å²) in [6.07, 6.45) is 1.49. The molecular weight excluding hydrogens is 549 g/mol. The molecule has 0 aromatic heterocycles. The number of hydrogen-bond acceptors (Lipinski definition) is 6. The number of halogens is 2. The van der Waals surface area contributed by atoms with Crippen LogP contribution < -0.4 is 14.8 Å². The molecule has 204 valence electrons. The van der Waals surface area contributed by atoms with E-state index in [1.165, 1.54) is 0 Å². The molecule has 0 amide bonds. The summed E-state index contributed by atoms with van der Waals surface area (Å²) in [5.74, 6) is -0.204. The largest absolute Gasteiger partial charge is 0.462 e. The van der Waals surface area contributed by atoms with E-state index in [9.17, 15) is 9.59 Å². The van der Waals surface area contributed by atoms with E-state index in [0.717, 1.165) is 16.8 Å². The number of fused-ring (bicyclic) bond motifs is 1. The number of ketones is 1. The van der Waals surface area contributed by atoms with Crippen molar-refractivity contribution in [2.75, 3.05) is 13.4 Å². The molecule has 3 aliphatic rings. The zero-order chi connectivity index (χ0) is 27.8. The number of dihydropyridines is 1. The van der Waals surface area contributed by atoms with Gasteiger partial charge in [0.05, 0.1) is 12.2 Å². The van der Waals surface area contributed by atoms with E-state index < -0.39 is 11.9 Å². The van der Waals surface area contributed by atoms with Gasteiger partial charge in [0.15, 0.2) is 17.3 Å². The Bertz CT molecular complexity index is 1550. The molecule has 0 radical (unpaired) electrons. The summed E-state index contributed by atoms with van der Waals surface area (Å²) in [7, 11) is 0. The average Bonchev–Trinajstić information content (AvgIpc) is 3.40. The molecule has 2 heterocycles. The van der Waals surface area contributed by atoms with Gasteiger partial charge >= 0.3 is 5.97 Å². The highest BCUT2D eigenvalue weighted by Crippen LogP contribution is 2.49. The van der Waals surface area contributed by atoms with Gasteiger partial charge in [-0.2, -0.15) is 0 Å². The van der Waals surface area contributed by atoms with Crippen LogP contribution in [-0.2, 0) is 20.7 Å². The second kappa shape index (κ2) is 11.0. The van der Waals surface area contributed by atoms with Crippen LogP contribution in [0.4, 0.5) is 0 Å². The number of ether oxygens (including phenoxy) is 3. The number of carbonyl (C=O) groups is 2. The number of allylic oxidation sites excluding steroid dienone is 3. The van der Waals surface area contributed by atoms with Crippen LogP contribution in [0.3, 0.4) is 0 Å². The average molecular weight is 576 g/mol. The first kappa shape index (κ1) is 26.5. The number of esters is 1. The van der Waals surface area contributed by atoms with Gasteiger partial charge in [-0.1, -0.05) is 65.7 Å². The van der Waals surface area contributed by atoms with Gasteiger partial charge in [-0.15, -0.1) is 0 Å². The molecule has 2 aliphatic heterocycles. The summed E-state index contributed by atoms with van der Waals surface area (Å²) in [4.78, 5) is 27.5. The molecule has 6 rings (SSSR count). The Balaban J connectivity index is 1.36. The number of rotatable bonds is 6. The Morgan fingerprint density at radius 2 is 1.73 bits per heavy atom. The molecule has 0 unspecified atom stereocenters. The van der Waals surface area contributed by atoms with Crippen LogP contribution in [0.25, 0.3) is 0 Å². The molecule has 6 nitrogen and oxygen atoms in total. The Hall–Kier alpha value is -3.74. The number of Topliss-reactive ketones (excluding diaryl/α,β-unsaturated/α-hetero) is 1. The molecule has 0 saturated heterocycles. The fraction of sp³-hybridized carbons (Fsp3) is 0.250. The number of nitrogens with one attached hydrogen (secondary N) is 1. The molecular formula is C32H27Cl2NO5. The Morgan fingerprint density at radius 1 is 1.00 bits per heavy atom. The number of hydrogen-bond donors (Lipinski definition) is 1. The number of benzene rings is 3. The smallest absolute Gasteiger partial charge is 0.336 e. The lowest BCUT2D eigenvalue weighted by atomic mass is 9.71. The topological polar surface area (TPSA) is 73.9 Å². The van der Waals surface area contributed by atoms with E-state index in [1.807, 2.05) is 61.5 Å². The minimum Gasteiger partial charge on any atom is -0.462 e. The number of carbonyl (C=O) groups excluding carboxylic acids is 2. The molecule has 3 aromatic carbocycles. The lowest BCUT2D eigenvalue weighted by Crippen LogP contribution is -2.36. The standard InChI is InChI=1S/C32H27Cl2NO5/c1-18-29(32(37)38-12-11-19-5-3-2-4-6-19)30(23-15-27-28(16-24(23)34)40-17-39-27)31-25(35-18)13-21(14-26(31)36)20-7-9-22(33)10-8-20/h2-10,15-16,21,30,35H,11-14,17H2,1H3/t21-,30+/m1/s1. The van der Waals surface area contributed by atoms with Crippen molar-refractivity contribution in [3.05, 3.63) is 116 Å². The zero-order valence-corrected chi connectivity index (χ0v) is 23.4. The minimum atomic E-state index is -0.707. The van der Waals surface area contributed by atoms with Crippen molar-refractivity contribution in [3.8, 4) is 11.5 Å². The van der Waals surface area contributed by atoms with Gasteiger partial charge in [0.2, 0.25) is 6.79 Å². The second-order valence-electron chi connectivity index (χ2n) is 10.2. The zero-order valence-electron chi connectivity index (χ0n) is 21.8. The first-order valence-electron chi connectivity index (χ1n) is 13.2. The first-order valence-corrected chi connectivity index (χ1v) is 13.9. The van der Waals surface area contributed by atoms with Crippen molar-refractivity contribution in [1.82, 2.24) is 5.32 Å². The van der Waals surface area contributed by atoms with Crippen molar-refractivity contribution >= 4 is 35.0 Å². The van der Waals surface area contributed by atoms with Crippen LogP contribution in [0.2, 0.25) is 10.0 Å². The van der Waals surface area contributed by atoms with Gasteiger partial charge < -0.3 is 19.5 Å². The highest BCUT2D eigenvalue weighted by Gasteiger charge is 2.42. The van der Waals surface area contributed by atoms with E-state index in [1.54, 1.807) is 12.1 Å². The summed E-state index contributed by atoms with van der Waals surface area (Å²) >= 11 is 12.9. The quantitative estimate of drug-likeness (QED) is 0.323. The van der Waals surface area contributed by atoms with Crippen LogP contribution >= 0.6 is 23.2 Å². The molecule has 0 spiro atoms. The maximum Gasteiger partial charge on any atom is 0.336 e. The second-order valence-corrected chi connectivity index (χ2v) is 11.0. The highest BCUT2D eigenvalue weighted by molar-refractivity contribution is 6.32. The lowest BCUT2D eigenvalue weighted by molar-refractivity contribution is -0.139. The van der Waals surface area contributed by atoms with Crippen molar-refractivity contribution < 1.29 is 23.8 Å². The van der Waals surface area contributed by atoms with E-state index in [-0.39, 0.29) is 25.1 Å². The highest BCUT2D eigenvalue weighted by atomic mass is 35.5. The fourth-order valence-electron chi connectivity index (χ4n) is 5.73. The van der Waals surface area contributed by atoms with Crippen LogP contribution in [0.5, 0.6) is 11.5 Å². The summed E-state index contributed by atoms with van der Waals surface area (Å²) in [5.41, 5.74) is 5.03. The lowest BCUT2D eigenvalue weighted by Gasteiger charge is -2.37. The maximum absolute atomic E-state index is 13.9. The molecule has 0 saturated carbocycles. The molecule has 1 aliphatic carbocycles. The van der Waals surface area contributed by atoms with Gasteiger partial charge in [0.1, 0.15) is 0 Å². The van der Waals surface area contributed by atoms with E-state index in [4.69, 9.17) is 37.4 Å². The van der Waals surface area contributed by atoms with Gasteiger partial charge in [-0.25, -0.2) is 4.79 Å². The molecule has 8 heteroatoms. The molecule has 0 bridgehead atoms. The van der Waals surface area contributed by atoms with Crippen LogP contribution in [0, 0.1) is 0 Å². The first-order chi connectivity index (χ1) is 19.4.